The van der Waals surface area contributed by atoms with E-state index >= 15 is 0 Å². The summed E-state index contributed by atoms with van der Waals surface area (Å²) in [6.07, 6.45) is 85.6. The van der Waals surface area contributed by atoms with Crippen LogP contribution in [0.5, 0.6) is 0 Å². The van der Waals surface area contributed by atoms with E-state index in [0.29, 0.717) is 25.9 Å². The van der Waals surface area contributed by atoms with Gasteiger partial charge in [0.2, 0.25) is 5.91 Å². The predicted octanol–water partition coefficient (Wildman–Crippen LogP) is 23.5. The van der Waals surface area contributed by atoms with Crippen LogP contribution in [0.15, 0.2) is 12.2 Å². The molecule has 0 radical (unpaired) electrons. The van der Waals surface area contributed by atoms with Gasteiger partial charge in [-0.15, -0.1) is 0 Å². The van der Waals surface area contributed by atoms with E-state index in [2.05, 4.69) is 31.3 Å². The number of aliphatic hydroxyl groups excluding tert-OH is 2. The summed E-state index contributed by atoms with van der Waals surface area (Å²) in [4.78, 5) is 24.6. The summed E-state index contributed by atoms with van der Waals surface area (Å²) in [7, 11) is 0. The van der Waals surface area contributed by atoms with Crippen molar-refractivity contribution in [3.8, 4) is 0 Å². The van der Waals surface area contributed by atoms with Gasteiger partial charge in [-0.05, 0) is 51.4 Å². The van der Waals surface area contributed by atoms with Gasteiger partial charge in [0.25, 0.3) is 0 Å². The number of nitrogens with one attached hydrogen (secondary N) is 1. The fourth-order valence-electron chi connectivity index (χ4n) is 11.8. The van der Waals surface area contributed by atoms with Gasteiger partial charge < -0.3 is 20.3 Å². The summed E-state index contributed by atoms with van der Waals surface area (Å²) in [5.41, 5.74) is 0. The molecule has 0 saturated carbocycles. The van der Waals surface area contributed by atoms with Gasteiger partial charge in [-0.1, -0.05) is 366 Å². The van der Waals surface area contributed by atoms with Crippen LogP contribution >= 0.6 is 0 Å². The SMILES string of the molecule is CCCCCCCCCCCCCCCCCCCCCCC(O)C(CO)NC(=O)CCCCCCCCCCCCCCC/C=C\CCCCCCCCCCCCCCOC(=O)CCCCCCCCCCCCCCC. The van der Waals surface area contributed by atoms with Gasteiger partial charge in [0, 0.05) is 12.8 Å². The molecule has 0 aliphatic carbocycles. The lowest BCUT2D eigenvalue weighted by Crippen LogP contribution is -2.45. The van der Waals surface area contributed by atoms with Crippen molar-refractivity contribution in [1.82, 2.24) is 5.32 Å². The molecule has 0 fully saturated rings. The number of hydrogen-bond acceptors (Lipinski definition) is 5. The average molecular weight is 1110 g/mol. The first kappa shape index (κ1) is 77.6. The molecule has 1 amide bonds. The topological polar surface area (TPSA) is 95.9 Å². The zero-order chi connectivity index (χ0) is 57.1. The van der Waals surface area contributed by atoms with E-state index < -0.39 is 12.1 Å². The molecule has 79 heavy (non-hydrogen) atoms. The predicted molar refractivity (Wildman–Crippen MR) is 347 cm³/mol. The molecule has 0 heterocycles. The first-order valence-electron chi connectivity index (χ1n) is 36.4. The van der Waals surface area contributed by atoms with E-state index in [1.807, 2.05) is 0 Å². The smallest absolute Gasteiger partial charge is 0.305 e. The number of ether oxygens (including phenoxy) is 1. The quantitative estimate of drug-likeness (QED) is 0.0320. The maximum absolute atomic E-state index is 12.5. The fraction of sp³-hybridized carbons (Fsp3) is 0.945. The zero-order valence-corrected chi connectivity index (χ0v) is 53.9. The van der Waals surface area contributed by atoms with E-state index in [0.717, 1.165) is 38.5 Å². The Kier molecular flexibility index (Phi) is 67.9. The molecule has 6 heteroatoms. The fourth-order valence-corrected chi connectivity index (χ4v) is 11.8. The van der Waals surface area contributed by atoms with Gasteiger partial charge in [-0.2, -0.15) is 0 Å². The second-order valence-corrected chi connectivity index (χ2v) is 25.3. The Hall–Kier alpha value is -1.40. The van der Waals surface area contributed by atoms with Crippen molar-refractivity contribution in [1.29, 1.82) is 0 Å². The number of unbranched alkanes of at least 4 members (excludes halogenated alkanes) is 56. The van der Waals surface area contributed by atoms with Gasteiger partial charge in [-0.3, -0.25) is 9.59 Å². The molecule has 2 unspecified atom stereocenters. The highest BCUT2D eigenvalue weighted by molar-refractivity contribution is 5.76. The van der Waals surface area contributed by atoms with E-state index in [1.165, 1.54) is 347 Å². The van der Waals surface area contributed by atoms with Crippen LogP contribution in [0, 0.1) is 0 Å². The maximum atomic E-state index is 12.5. The van der Waals surface area contributed by atoms with Gasteiger partial charge >= 0.3 is 5.97 Å². The Bertz CT molecular complexity index is 1190. The third kappa shape index (κ3) is 65.6. The number of rotatable bonds is 69. The Morgan fingerprint density at radius 1 is 0.342 bits per heavy atom. The van der Waals surface area contributed by atoms with Crippen molar-refractivity contribution in [3.05, 3.63) is 12.2 Å². The first-order chi connectivity index (χ1) is 39.0. The van der Waals surface area contributed by atoms with Crippen LogP contribution in [0.1, 0.15) is 418 Å². The van der Waals surface area contributed by atoms with E-state index in [9.17, 15) is 19.8 Å². The standard InChI is InChI=1S/C73H143NO5/c1-3-5-7-9-11-13-15-17-18-19-20-32-35-38-42-45-49-53-57-61-65-71(76)70(69-75)74-72(77)66-62-58-54-50-46-43-39-36-33-30-28-26-24-22-21-23-25-27-29-31-34-37-40-44-48-52-56-60-64-68-79-73(78)67-63-59-55-51-47-41-16-14-12-10-8-6-4-2/h21,23,70-71,75-76H,3-20,22,24-69H2,1-2H3,(H,74,77)/b23-21-. The lowest BCUT2D eigenvalue weighted by atomic mass is 10.0. The number of allylic oxidation sites excluding steroid dienone is 2. The highest BCUT2D eigenvalue weighted by atomic mass is 16.5. The second-order valence-electron chi connectivity index (χ2n) is 25.3. The summed E-state index contributed by atoms with van der Waals surface area (Å²) in [6.45, 7) is 5.00. The molecule has 0 aromatic carbocycles. The van der Waals surface area contributed by atoms with Crippen LogP contribution in [0.25, 0.3) is 0 Å². The number of amides is 1. The zero-order valence-electron chi connectivity index (χ0n) is 53.9. The first-order valence-corrected chi connectivity index (χ1v) is 36.4. The Balaban J connectivity index is 3.36. The molecule has 470 valence electrons. The molecule has 0 aromatic heterocycles. The minimum atomic E-state index is -0.664. The molecule has 2 atom stereocenters. The molecule has 3 N–H and O–H groups in total. The van der Waals surface area contributed by atoms with Crippen molar-refractivity contribution in [2.24, 2.45) is 0 Å². The molecule has 0 aliphatic rings. The summed E-state index contributed by atoms with van der Waals surface area (Å²) in [5.74, 6) is -0.0101. The molecule has 0 aliphatic heterocycles. The second kappa shape index (κ2) is 69.1. The van der Waals surface area contributed by atoms with Crippen LogP contribution in [0.4, 0.5) is 0 Å². The largest absolute Gasteiger partial charge is 0.466 e. The van der Waals surface area contributed by atoms with Crippen molar-refractivity contribution < 1.29 is 24.5 Å². The summed E-state index contributed by atoms with van der Waals surface area (Å²) < 4.78 is 5.49. The Labute approximate surface area is 495 Å². The number of aliphatic hydroxyl groups is 2. The lowest BCUT2D eigenvalue weighted by Gasteiger charge is -2.22. The van der Waals surface area contributed by atoms with Crippen molar-refractivity contribution in [2.45, 2.75) is 431 Å². The highest BCUT2D eigenvalue weighted by Gasteiger charge is 2.20. The van der Waals surface area contributed by atoms with Crippen molar-refractivity contribution in [3.63, 3.8) is 0 Å². The molecule has 0 saturated heterocycles. The minimum absolute atomic E-state index is 0.0191. The number of carbonyl (C=O) groups is 2. The van der Waals surface area contributed by atoms with Crippen LogP contribution < -0.4 is 5.32 Å². The molecule has 0 bridgehead atoms. The summed E-state index contributed by atoms with van der Waals surface area (Å²) in [6, 6.07) is -0.541. The molecular weight excluding hydrogens is 971 g/mol. The third-order valence-corrected chi connectivity index (χ3v) is 17.3. The van der Waals surface area contributed by atoms with Crippen molar-refractivity contribution >= 4 is 11.9 Å². The summed E-state index contributed by atoms with van der Waals surface area (Å²) in [5, 5.41) is 23.4. The number of carbonyl (C=O) groups excluding carboxylic acids is 2. The van der Waals surface area contributed by atoms with Gasteiger partial charge in [0.05, 0.1) is 25.4 Å². The average Bonchev–Trinajstić information content (AvgIpc) is 3.45. The number of hydrogen-bond donors (Lipinski definition) is 3. The van der Waals surface area contributed by atoms with E-state index in [4.69, 9.17) is 4.74 Å². The molecular formula is C73H143NO5. The molecule has 0 spiro atoms. The van der Waals surface area contributed by atoms with Gasteiger partial charge in [-0.25, -0.2) is 0 Å². The van der Waals surface area contributed by atoms with Gasteiger partial charge in [0.1, 0.15) is 0 Å². The van der Waals surface area contributed by atoms with Crippen LogP contribution in [0.2, 0.25) is 0 Å². The molecule has 6 nitrogen and oxygen atoms in total. The minimum Gasteiger partial charge on any atom is -0.466 e. The van der Waals surface area contributed by atoms with Crippen LogP contribution in [-0.2, 0) is 14.3 Å². The molecule has 0 aromatic rings. The Morgan fingerprint density at radius 3 is 0.899 bits per heavy atom. The van der Waals surface area contributed by atoms with E-state index in [-0.39, 0.29) is 18.5 Å². The van der Waals surface area contributed by atoms with Crippen LogP contribution in [0.3, 0.4) is 0 Å². The molecule has 0 rings (SSSR count). The van der Waals surface area contributed by atoms with Crippen LogP contribution in [-0.4, -0.2) is 47.4 Å². The van der Waals surface area contributed by atoms with E-state index in [1.54, 1.807) is 0 Å². The maximum Gasteiger partial charge on any atom is 0.305 e. The third-order valence-electron chi connectivity index (χ3n) is 17.3. The number of esters is 1. The lowest BCUT2D eigenvalue weighted by molar-refractivity contribution is -0.143. The highest BCUT2D eigenvalue weighted by Crippen LogP contribution is 2.19. The summed E-state index contributed by atoms with van der Waals surface area (Å²) >= 11 is 0. The monoisotopic (exact) mass is 1110 g/mol. The van der Waals surface area contributed by atoms with Crippen molar-refractivity contribution in [2.75, 3.05) is 13.2 Å². The Morgan fingerprint density at radius 2 is 0.595 bits per heavy atom. The van der Waals surface area contributed by atoms with Gasteiger partial charge in [0.15, 0.2) is 0 Å². The normalized spacial score (nSPS) is 12.5.